The lowest BCUT2D eigenvalue weighted by molar-refractivity contribution is -0.132. The van der Waals surface area contributed by atoms with Crippen molar-refractivity contribution in [2.45, 2.75) is 19.5 Å². The number of furan rings is 1. The highest BCUT2D eigenvalue weighted by Gasteiger charge is 2.27. The Morgan fingerprint density at radius 3 is 2.50 bits per heavy atom. The van der Waals surface area contributed by atoms with Gasteiger partial charge >= 0.3 is 6.18 Å². The van der Waals surface area contributed by atoms with E-state index in [2.05, 4.69) is 0 Å². The normalized spacial score (nSPS) is 11.6. The Bertz CT molecular complexity index is 370. The van der Waals surface area contributed by atoms with Crippen LogP contribution in [0.15, 0.2) is 16.5 Å². The molecule has 0 saturated heterocycles. The van der Waals surface area contributed by atoms with Gasteiger partial charge in [0.1, 0.15) is 0 Å². The minimum atomic E-state index is -4.19. The summed E-state index contributed by atoms with van der Waals surface area (Å²) in [5.41, 5.74) is 0. The summed E-state index contributed by atoms with van der Waals surface area (Å²) in [6, 6.07) is 2.93. The molecule has 0 aliphatic carbocycles. The minimum absolute atomic E-state index is 0.147. The molecule has 0 bridgehead atoms. The first-order valence-electron chi connectivity index (χ1n) is 4.68. The highest BCUT2D eigenvalue weighted by atomic mass is 19.4. The first-order valence-corrected chi connectivity index (χ1v) is 4.68. The van der Waals surface area contributed by atoms with E-state index in [-0.39, 0.29) is 24.0 Å². The molecule has 1 aromatic heterocycles. The summed E-state index contributed by atoms with van der Waals surface area (Å²) in [4.78, 5) is 12.2. The van der Waals surface area contributed by atoms with E-state index in [1.165, 1.54) is 31.0 Å². The van der Waals surface area contributed by atoms with Gasteiger partial charge in [-0.15, -0.1) is 0 Å². The van der Waals surface area contributed by atoms with Crippen molar-refractivity contribution in [2.75, 3.05) is 18.5 Å². The molecule has 0 unspecified atom stereocenters. The van der Waals surface area contributed by atoms with Crippen LogP contribution in [0.5, 0.6) is 0 Å². The van der Waals surface area contributed by atoms with E-state index < -0.39 is 12.6 Å². The maximum atomic E-state index is 12.0. The fourth-order valence-corrected chi connectivity index (χ4v) is 1.13. The van der Waals surface area contributed by atoms with E-state index >= 15 is 0 Å². The van der Waals surface area contributed by atoms with E-state index in [1.807, 2.05) is 0 Å². The van der Waals surface area contributed by atoms with Gasteiger partial charge in [0.2, 0.25) is 0 Å². The summed E-state index contributed by atoms with van der Waals surface area (Å²) in [6.45, 7) is 1.13. The molecule has 0 atom stereocenters. The maximum Gasteiger partial charge on any atom is 0.390 e. The molecule has 0 aromatic carbocycles. The van der Waals surface area contributed by atoms with Crippen LogP contribution in [0.4, 0.5) is 19.1 Å². The van der Waals surface area contributed by atoms with Crippen molar-refractivity contribution in [3.8, 4) is 0 Å². The lowest BCUT2D eigenvalue weighted by Crippen LogP contribution is -2.23. The Morgan fingerprint density at radius 1 is 1.44 bits per heavy atom. The van der Waals surface area contributed by atoms with E-state index in [0.29, 0.717) is 0 Å². The number of hydrogen-bond acceptors (Lipinski definition) is 3. The molecule has 0 aliphatic rings. The first kappa shape index (κ1) is 12.6. The number of rotatable bonds is 4. The van der Waals surface area contributed by atoms with Crippen LogP contribution >= 0.6 is 0 Å². The first-order chi connectivity index (χ1) is 7.29. The second-order valence-corrected chi connectivity index (χ2v) is 3.48. The topological polar surface area (TPSA) is 33.5 Å². The van der Waals surface area contributed by atoms with Crippen molar-refractivity contribution in [2.24, 2.45) is 0 Å². The summed E-state index contributed by atoms with van der Waals surface area (Å²) < 4.78 is 40.9. The van der Waals surface area contributed by atoms with E-state index in [9.17, 15) is 18.0 Å². The van der Waals surface area contributed by atoms with Gasteiger partial charge in [0.05, 0.1) is 6.42 Å². The van der Waals surface area contributed by atoms with Gasteiger partial charge in [0, 0.05) is 26.6 Å². The summed E-state index contributed by atoms with van der Waals surface area (Å²) in [7, 11) is 1.48. The second kappa shape index (κ2) is 4.59. The third-order valence-corrected chi connectivity index (χ3v) is 2.05. The molecule has 0 fully saturated rings. The third-order valence-electron chi connectivity index (χ3n) is 2.05. The zero-order valence-electron chi connectivity index (χ0n) is 8.97. The number of carbonyl (C=O) groups is 1. The molecule has 16 heavy (non-hydrogen) atoms. The molecule has 6 heteroatoms. The van der Waals surface area contributed by atoms with Gasteiger partial charge in [-0.05, 0) is 6.07 Å². The highest BCUT2D eigenvalue weighted by molar-refractivity contribution is 5.91. The molecular formula is C10H12F3NO2. The fourth-order valence-electron chi connectivity index (χ4n) is 1.13. The molecule has 3 nitrogen and oxygen atoms in total. The SMILES string of the molecule is CC(=O)c1ccc(N(C)CCC(F)(F)F)o1. The largest absolute Gasteiger partial charge is 0.437 e. The van der Waals surface area contributed by atoms with Crippen molar-refractivity contribution < 1.29 is 22.4 Å². The lowest BCUT2D eigenvalue weighted by Gasteiger charge is -2.16. The van der Waals surface area contributed by atoms with Gasteiger partial charge in [0.15, 0.2) is 17.4 Å². The van der Waals surface area contributed by atoms with Crippen LogP contribution in [0.25, 0.3) is 0 Å². The zero-order chi connectivity index (χ0) is 12.3. The smallest absolute Gasteiger partial charge is 0.390 e. The average molecular weight is 235 g/mol. The standard InChI is InChI=1S/C10H12F3NO2/c1-7(15)8-3-4-9(16-8)14(2)6-5-10(11,12)13/h3-4H,5-6H2,1-2H3. The maximum absolute atomic E-state index is 12.0. The van der Waals surface area contributed by atoms with Gasteiger partial charge in [-0.2, -0.15) is 13.2 Å². The molecule has 0 N–H and O–H groups in total. The zero-order valence-corrected chi connectivity index (χ0v) is 8.97. The number of ketones is 1. The molecule has 90 valence electrons. The van der Waals surface area contributed by atoms with Crippen LogP contribution in [-0.2, 0) is 0 Å². The van der Waals surface area contributed by atoms with Gasteiger partial charge in [-0.25, -0.2) is 0 Å². The Hall–Kier alpha value is -1.46. The fraction of sp³-hybridized carbons (Fsp3) is 0.500. The quantitative estimate of drug-likeness (QED) is 0.752. The summed E-state index contributed by atoms with van der Waals surface area (Å²) in [5.74, 6) is 0.152. The summed E-state index contributed by atoms with van der Waals surface area (Å²) >= 11 is 0. The van der Waals surface area contributed by atoms with Crippen molar-refractivity contribution in [1.29, 1.82) is 0 Å². The van der Waals surface area contributed by atoms with Crippen LogP contribution in [0.2, 0.25) is 0 Å². The predicted molar refractivity (Wildman–Crippen MR) is 52.7 cm³/mol. The molecule has 0 amide bonds. The minimum Gasteiger partial charge on any atom is -0.437 e. The van der Waals surface area contributed by atoms with E-state index in [1.54, 1.807) is 0 Å². The van der Waals surface area contributed by atoms with Crippen LogP contribution in [0.1, 0.15) is 23.9 Å². The van der Waals surface area contributed by atoms with Gasteiger partial charge in [-0.1, -0.05) is 0 Å². The van der Waals surface area contributed by atoms with Crippen molar-refractivity contribution in [3.05, 3.63) is 17.9 Å². The Balaban J connectivity index is 2.59. The van der Waals surface area contributed by atoms with Crippen LogP contribution in [0.3, 0.4) is 0 Å². The van der Waals surface area contributed by atoms with Crippen LogP contribution < -0.4 is 4.90 Å². The number of nitrogens with zero attached hydrogens (tertiary/aromatic N) is 1. The van der Waals surface area contributed by atoms with Gasteiger partial charge < -0.3 is 9.32 Å². The highest BCUT2D eigenvalue weighted by Crippen LogP contribution is 2.23. The number of halogens is 3. The number of hydrogen-bond donors (Lipinski definition) is 0. The van der Waals surface area contributed by atoms with Crippen molar-refractivity contribution in [1.82, 2.24) is 0 Å². The summed E-state index contributed by atoms with van der Waals surface area (Å²) in [6.07, 6.45) is -5.11. The molecule has 1 rings (SSSR count). The van der Waals surface area contributed by atoms with Crippen LogP contribution in [0, 0.1) is 0 Å². The molecule has 0 spiro atoms. The second-order valence-electron chi connectivity index (χ2n) is 3.48. The van der Waals surface area contributed by atoms with Crippen LogP contribution in [-0.4, -0.2) is 25.6 Å². The predicted octanol–water partition coefficient (Wildman–Crippen LogP) is 2.87. The van der Waals surface area contributed by atoms with Gasteiger partial charge in [0.25, 0.3) is 0 Å². The Kier molecular flexibility index (Phi) is 3.62. The molecule has 1 aromatic rings. The Morgan fingerprint density at radius 2 is 2.06 bits per heavy atom. The van der Waals surface area contributed by atoms with Gasteiger partial charge in [-0.3, -0.25) is 4.79 Å². The number of Topliss-reactive ketones (excluding diaryl/α,β-unsaturated/α-hetero) is 1. The molecule has 0 aliphatic heterocycles. The van der Waals surface area contributed by atoms with E-state index in [0.717, 1.165) is 0 Å². The third kappa shape index (κ3) is 3.60. The lowest BCUT2D eigenvalue weighted by atomic mass is 10.3. The van der Waals surface area contributed by atoms with Crippen molar-refractivity contribution in [3.63, 3.8) is 0 Å². The summed E-state index contributed by atoms with van der Waals surface area (Å²) in [5, 5.41) is 0. The number of anilines is 1. The number of alkyl halides is 3. The molecule has 0 radical (unpaired) electrons. The molecular weight excluding hydrogens is 223 g/mol. The monoisotopic (exact) mass is 235 g/mol. The van der Waals surface area contributed by atoms with Crippen molar-refractivity contribution >= 4 is 11.7 Å². The molecule has 0 saturated carbocycles. The van der Waals surface area contributed by atoms with E-state index in [4.69, 9.17) is 4.42 Å². The average Bonchev–Trinajstić information content (AvgIpc) is 2.61. The molecule has 1 heterocycles. The number of carbonyl (C=O) groups excluding carboxylic acids is 1. The Labute approximate surface area is 90.8 Å².